The molecule has 0 aromatic heterocycles. The number of nitrogens with zero attached hydrogens (tertiary/aromatic N) is 1. The first kappa shape index (κ1) is 8.01. The number of carbonyl (C=O) groups excluding carboxylic acids is 1. The van der Waals surface area contributed by atoms with Gasteiger partial charge in [0.15, 0.2) is 0 Å². The number of carbonyl (C=O) groups is 1. The predicted molar refractivity (Wildman–Crippen MR) is 43.1 cm³/mol. The normalized spacial score (nSPS) is 26.9. The summed E-state index contributed by atoms with van der Waals surface area (Å²) in [5, 5.41) is 1.43. The molecule has 0 spiro atoms. The van der Waals surface area contributed by atoms with Gasteiger partial charge in [0.2, 0.25) is 0 Å². The average Bonchev–Trinajstić information content (AvgIpc) is 2.50. The van der Waals surface area contributed by atoms with Gasteiger partial charge in [-0.15, -0.1) is 0 Å². The van der Waals surface area contributed by atoms with Crippen molar-refractivity contribution in [3.05, 3.63) is 0 Å². The summed E-state index contributed by atoms with van der Waals surface area (Å²) in [5.74, 6) is -0.0220. The van der Waals surface area contributed by atoms with E-state index in [9.17, 15) is 4.79 Å². The Labute approximate surface area is 71.6 Å². The van der Waals surface area contributed by atoms with Gasteiger partial charge in [-0.1, -0.05) is 0 Å². The zero-order valence-corrected chi connectivity index (χ0v) is 7.08. The molecule has 1 saturated carbocycles. The van der Waals surface area contributed by atoms with E-state index in [1.165, 1.54) is 5.06 Å². The summed E-state index contributed by atoms with van der Waals surface area (Å²) < 4.78 is 0. The second-order valence-corrected chi connectivity index (χ2v) is 3.60. The van der Waals surface area contributed by atoms with Crippen LogP contribution in [0, 0.1) is 0 Å². The largest absolute Gasteiger partial charge is 0.317 e. The van der Waals surface area contributed by atoms with E-state index in [2.05, 4.69) is 0 Å². The molecule has 0 radical (unpaired) electrons. The Morgan fingerprint density at radius 2 is 2.17 bits per heavy atom. The van der Waals surface area contributed by atoms with Gasteiger partial charge in [0, 0.05) is 0 Å². The van der Waals surface area contributed by atoms with Crippen LogP contribution >= 0.6 is 0 Å². The van der Waals surface area contributed by atoms with E-state index >= 15 is 0 Å². The summed E-state index contributed by atoms with van der Waals surface area (Å²) in [6.07, 6.45) is 3.62. The summed E-state index contributed by atoms with van der Waals surface area (Å²) >= 11 is 0. The van der Waals surface area contributed by atoms with E-state index in [1.54, 1.807) is 0 Å². The molecular weight excluding hydrogens is 156 g/mol. The van der Waals surface area contributed by atoms with Crippen molar-refractivity contribution in [2.24, 2.45) is 5.73 Å². The zero-order valence-electron chi connectivity index (χ0n) is 7.08. The molecule has 0 aromatic rings. The zero-order chi connectivity index (χ0) is 8.60. The Morgan fingerprint density at radius 3 is 2.58 bits per heavy atom. The lowest BCUT2D eigenvalue weighted by molar-refractivity contribution is -0.178. The Morgan fingerprint density at radius 1 is 1.42 bits per heavy atom. The first-order valence-corrected chi connectivity index (χ1v) is 4.46. The molecule has 2 rings (SSSR count). The monoisotopic (exact) mass is 170 g/mol. The molecule has 1 saturated heterocycles. The number of amides is 1. The fraction of sp³-hybridized carbons (Fsp3) is 0.875. The maximum Gasteiger partial charge on any atom is 0.266 e. The SMILES string of the molecule is NC1(C(=O)N2CCCO2)CCC1. The fourth-order valence-corrected chi connectivity index (χ4v) is 1.63. The standard InChI is InChI=1S/C8H14N2O2/c9-8(3-1-4-8)7(11)10-5-2-6-12-10/h1-6,9H2. The molecule has 0 aromatic carbocycles. The van der Waals surface area contributed by atoms with E-state index in [0.717, 1.165) is 25.7 Å². The van der Waals surface area contributed by atoms with Crippen molar-refractivity contribution in [1.29, 1.82) is 0 Å². The Hall–Kier alpha value is -0.610. The molecule has 4 heteroatoms. The molecular formula is C8H14N2O2. The number of nitrogens with two attached hydrogens (primary N) is 1. The van der Waals surface area contributed by atoms with Crippen molar-refractivity contribution >= 4 is 5.91 Å². The van der Waals surface area contributed by atoms with Gasteiger partial charge < -0.3 is 5.73 Å². The molecule has 1 aliphatic carbocycles. The van der Waals surface area contributed by atoms with Gasteiger partial charge in [-0.25, -0.2) is 5.06 Å². The van der Waals surface area contributed by atoms with Crippen LogP contribution in [-0.4, -0.2) is 29.7 Å². The van der Waals surface area contributed by atoms with Crippen molar-refractivity contribution in [1.82, 2.24) is 5.06 Å². The minimum atomic E-state index is -0.593. The van der Waals surface area contributed by atoms with Gasteiger partial charge in [-0.3, -0.25) is 9.63 Å². The first-order chi connectivity index (χ1) is 5.72. The summed E-state index contributed by atoms with van der Waals surface area (Å²) in [5.41, 5.74) is 5.26. The van der Waals surface area contributed by atoms with Gasteiger partial charge in [-0.05, 0) is 25.7 Å². The van der Waals surface area contributed by atoms with E-state index in [0.29, 0.717) is 13.2 Å². The van der Waals surface area contributed by atoms with Crippen LogP contribution in [-0.2, 0) is 9.63 Å². The highest BCUT2D eigenvalue weighted by Gasteiger charge is 2.43. The number of hydroxylamine groups is 2. The summed E-state index contributed by atoms with van der Waals surface area (Å²) in [7, 11) is 0. The second-order valence-electron chi connectivity index (χ2n) is 3.60. The third-order valence-electron chi connectivity index (χ3n) is 2.65. The topological polar surface area (TPSA) is 55.6 Å². The van der Waals surface area contributed by atoms with E-state index in [1.807, 2.05) is 0 Å². The summed E-state index contributed by atoms with van der Waals surface area (Å²) in [6, 6.07) is 0. The van der Waals surface area contributed by atoms with Crippen LogP contribution < -0.4 is 5.73 Å². The Kier molecular flexibility index (Phi) is 1.81. The van der Waals surface area contributed by atoms with Crippen LogP contribution in [0.3, 0.4) is 0 Å². The third kappa shape index (κ3) is 1.11. The molecule has 1 amide bonds. The van der Waals surface area contributed by atoms with Crippen molar-refractivity contribution in [2.75, 3.05) is 13.2 Å². The lowest BCUT2D eigenvalue weighted by atomic mass is 9.77. The van der Waals surface area contributed by atoms with Crippen LogP contribution in [0.1, 0.15) is 25.7 Å². The Balaban J connectivity index is 1.98. The van der Waals surface area contributed by atoms with Gasteiger partial charge in [-0.2, -0.15) is 0 Å². The maximum absolute atomic E-state index is 11.6. The third-order valence-corrected chi connectivity index (χ3v) is 2.65. The van der Waals surface area contributed by atoms with Gasteiger partial charge >= 0.3 is 0 Å². The molecule has 0 atom stereocenters. The van der Waals surface area contributed by atoms with E-state index < -0.39 is 5.54 Å². The number of rotatable bonds is 1. The molecule has 1 aliphatic heterocycles. The average molecular weight is 170 g/mol. The highest BCUT2D eigenvalue weighted by Crippen LogP contribution is 2.31. The van der Waals surface area contributed by atoms with Crippen LogP contribution in [0.4, 0.5) is 0 Å². The highest BCUT2D eigenvalue weighted by atomic mass is 16.7. The summed E-state index contributed by atoms with van der Waals surface area (Å²) in [6.45, 7) is 1.36. The van der Waals surface area contributed by atoms with Crippen LogP contribution in [0.2, 0.25) is 0 Å². The van der Waals surface area contributed by atoms with E-state index in [4.69, 9.17) is 10.6 Å². The van der Waals surface area contributed by atoms with Gasteiger partial charge in [0.25, 0.3) is 5.91 Å². The molecule has 12 heavy (non-hydrogen) atoms. The molecule has 2 aliphatic rings. The van der Waals surface area contributed by atoms with Crippen molar-refractivity contribution in [3.8, 4) is 0 Å². The maximum atomic E-state index is 11.6. The molecule has 2 fully saturated rings. The minimum absolute atomic E-state index is 0.0220. The molecule has 4 nitrogen and oxygen atoms in total. The lowest BCUT2D eigenvalue weighted by Crippen LogP contribution is -2.58. The van der Waals surface area contributed by atoms with E-state index in [-0.39, 0.29) is 5.91 Å². The van der Waals surface area contributed by atoms with Gasteiger partial charge in [0.05, 0.1) is 18.7 Å². The Bertz CT molecular complexity index is 195. The van der Waals surface area contributed by atoms with Crippen LogP contribution in [0.15, 0.2) is 0 Å². The molecule has 0 bridgehead atoms. The number of hydrogen-bond donors (Lipinski definition) is 1. The number of hydrogen-bond acceptors (Lipinski definition) is 3. The second kappa shape index (κ2) is 2.71. The summed E-state index contributed by atoms with van der Waals surface area (Å²) in [4.78, 5) is 16.8. The van der Waals surface area contributed by atoms with Gasteiger partial charge in [0.1, 0.15) is 0 Å². The highest BCUT2D eigenvalue weighted by molar-refractivity contribution is 5.86. The molecule has 68 valence electrons. The lowest BCUT2D eigenvalue weighted by Gasteiger charge is -2.38. The molecule has 2 N–H and O–H groups in total. The predicted octanol–water partition coefficient (Wildman–Crippen LogP) is 0.0317. The minimum Gasteiger partial charge on any atom is -0.317 e. The van der Waals surface area contributed by atoms with Crippen LogP contribution in [0.25, 0.3) is 0 Å². The molecule has 0 unspecified atom stereocenters. The molecule has 1 heterocycles. The fourth-order valence-electron chi connectivity index (χ4n) is 1.63. The van der Waals surface area contributed by atoms with Crippen LogP contribution in [0.5, 0.6) is 0 Å². The van der Waals surface area contributed by atoms with Crippen molar-refractivity contribution in [3.63, 3.8) is 0 Å². The smallest absolute Gasteiger partial charge is 0.266 e. The first-order valence-electron chi connectivity index (χ1n) is 4.46. The van der Waals surface area contributed by atoms with Crippen molar-refractivity contribution in [2.45, 2.75) is 31.2 Å². The quantitative estimate of drug-likeness (QED) is 0.604. The van der Waals surface area contributed by atoms with Crippen molar-refractivity contribution < 1.29 is 9.63 Å².